The lowest BCUT2D eigenvalue weighted by molar-refractivity contribution is 0.468. The smallest absolute Gasteiger partial charge is 0.250 e. The van der Waals surface area contributed by atoms with E-state index in [1.165, 1.54) is 11.1 Å². The van der Waals surface area contributed by atoms with Crippen LogP contribution >= 0.6 is 0 Å². The average molecular weight is 377 g/mol. The Bertz CT molecular complexity index is 586. The summed E-state index contributed by atoms with van der Waals surface area (Å²) in [7, 11) is -3.43. The average Bonchev–Trinajstić information content (AvgIpc) is 3.11. The van der Waals surface area contributed by atoms with Crippen LogP contribution in [0.25, 0.3) is 6.08 Å². The summed E-state index contributed by atoms with van der Waals surface area (Å²) in [4.78, 5) is 0. The Morgan fingerprint density at radius 3 is 1.60 bits per heavy atom. The molecule has 0 radical (unpaired) electrons. The molecule has 2 rings (SSSR count). The van der Waals surface area contributed by atoms with Crippen LogP contribution in [0.15, 0.2) is 18.2 Å². The van der Waals surface area contributed by atoms with Gasteiger partial charge in [0, 0.05) is 0 Å². The van der Waals surface area contributed by atoms with Gasteiger partial charge in [-0.25, -0.2) is 0 Å². The first-order valence-corrected chi connectivity index (χ1v) is 15.3. The molecule has 25 heavy (non-hydrogen) atoms. The van der Waals surface area contributed by atoms with Gasteiger partial charge in [-0.3, -0.25) is 0 Å². The van der Waals surface area contributed by atoms with Gasteiger partial charge in [-0.15, -0.1) is 0 Å². The van der Waals surface area contributed by atoms with Crippen LogP contribution in [-0.4, -0.2) is 16.6 Å². The molecular formula is C21H36O2Si2. The highest BCUT2D eigenvalue weighted by atomic mass is 28.4. The molecule has 1 aromatic rings. The minimum Gasteiger partial charge on any atom is -0.541 e. The number of allylic oxidation sites excluding steroid dienone is 1. The number of fused-ring (bicyclic) bond motifs is 1. The Labute approximate surface area is 156 Å². The summed E-state index contributed by atoms with van der Waals surface area (Å²) < 4.78 is 13.6. The van der Waals surface area contributed by atoms with E-state index >= 15 is 0 Å². The van der Waals surface area contributed by atoms with Gasteiger partial charge in [-0.2, -0.15) is 0 Å². The van der Waals surface area contributed by atoms with Gasteiger partial charge in [-0.05, 0) is 65.9 Å². The second kappa shape index (κ2) is 8.59. The fraction of sp³-hybridized carbons (Fsp3) is 0.619. The van der Waals surface area contributed by atoms with E-state index in [1.807, 2.05) is 0 Å². The van der Waals surface area contributed by atoms with Crippen molar-refractivity contribution >= 4 is 22.7 Å². The molecule has 0 unspecified atom stereocenters. The molecule has 0 spiro atoms. The van der Waals surface area contributed by atoms with Crippen LogP contribution in [0.1, 0.15) is 52.7 Å². The maximum Gasteiger partial charge on any atom is 0.250 e. The van der Waals surface area contributed by atoms with Gasteiger partial charge in [0.05, 0.1) is 0 Å². The van der Waals surface area contributed by atoms with Crippen molar-refractivity contribution in [3.8, 4) is 11.5 Å². The SMILES string of the molecule is CC[Si](CC)(CC)Oc1cc2c(cc1O[Si](CC)(CC)CC)CC=C2. The van der Waals surface area contributed by atoms with Crippen molar-refractivity contribution in [2.75, 3.05) is 0 Å². The summed E-state index contributed by atoms with van der Waals surface area (Å²) in [5.74, 6) is 2.03. The van der Waals surface area contributed by atoms with Crippen molar-refractivity contribution in [3.05, 3.63) is 29.3 Å². The quantitative estimate of drug-likeness (QED) is 0.408. The van der Waals surface area contributed by atoms with Crippen LogP contribution in [0.4, 0.5) is 0 Å². The fourth-order valence-electron chi connectivity index (χ4n) is 3.82. The zero-order valence-corrected chi connectivity index (χ0v) is 19.1. The maximum atomic E-state index is 6.79. The predicted molar refractivity (Wildman–Crippen MR) is 115 cm³/mol. The zero-order valence-electron chi connectivity index (χ0n) is 17.1. The first-order valence-electron chi connectivity index (χ1n) is 10.2. The predicted octanol–water partition coefficient (Wildman–Crippen LogP) is 7.02. The van der Waals surface area contributed by atoms with E-state index in [9.17, 15) is 0 Å². The molecule has 0 bridgehead atoms. The number of rotatable bonds is 10. The van der Waals surface area contributed by atoms with Crippen LogP contribution in [0, 0.1) is 0 Å². The Hall–Kier alpha value is -1.01. The van der Waals surface area contributed by atoms with Crippen LogP contribution in [0.3, 0.4) is 0 Å². The van der Waals surface area contributed by atoms with Crippen molar-refractivity contribution in [3.63, 3.8) is 0 Å². The third kappa shape index (κ3) is 4.22. The molecule has 0 saturated heterocycles. The molecule has 0 aliphatic heterocycles. The van der Waals surface area contributed by atoms with E-state index < -0.39 is 16.6 Å². The van der Waals surface area contributed by atoms with Gasteiger partial charge in [0.1, 0.15) is 11.5 Å². The summed E-state index contributed by atoms with van der Waals surface area (Å²) in [5, 5.41) is 0. The van der Waals surface area contributed by atoms with Gasteiger partial charge in [0.25, 0.3) is 16.6 Å². The maximum absolute atomic E-state index is 6.79. The first-order chi connectivity index (χ1) is 12.0. The highest BCUT2D eigenvalue weighted by molar-refractivity contribution is 6.75. The second-order valence-corrected chi connectivity index (χ2v) is 16.7. The molecular weight excluding hydrogens is 340 g/mol. The van der Waals surface area contributed by atoms with Crippen molar-refractivity contribution in [1.29, 1.82) is 0 Å². The van der Waals surface area contributed by atoms with E-state index in [4.69, 9.17) is 8.85 Å². The van der Waals surface area contributed by atoms with E-state index in [-0.39, 0.29) is 0 Å². The molecule has 0 heterocycles. The Morgan fingerprint density at radius 1 is 0.720 bits per heavy atom. The van der Waals surface area contributed by atoms with Gasteiger partial charge in [-0.1, -0.05) is 53.7 Å². The third-order valence-corrected chi connectivity index (χ3v) is 15.4. The molecule has 0 N–H and O–H groups in total. The Balaban J connectivity index is 2.45. The summed E-state index contributed by atoms with van der Waals surface area (Å²) in [6.07, 6.45) is 5.48. The fourth-order valence-corrected chi connectivity index (χ4v) is 8.94. The molecule has 0 aromatic heterocycles. The highest BCUT2D eigenvalue weighted by Crippen LogP contribution is 2.40. The van der Waals surface area contributed by atoms with E-state index in [1.54, 1.807) is 0 Å². The standard InChI is InChI=1S/C21H36O2Si2/c1-7-24(8-2,9-3)22-20-16-18-14-13-15-19(18)17-21(20)23-25(10-4,11-5)12-6/h13-14,16-17H,7-12,15H2,1-6H3. The first kappa shape index (κ1) is 20.3. The second-order valence-electron chi connectivity index (χ2n) is 7.30. The van der Waals surface area contributed by atoms with Gasteiger partial charge < -0.3 is 8.85 Å². The van der Waals surface area contributed by atoms with Crippen molar-refractivity contribution in [2.24, 2.45) is 0 Å². The zero-order chi connectivity index (χ0) is 18.5. The molecule has 0 amide bonds. The minimum absolute atomic E-state index is 1.01. The lowest BCUT2D eigenvalue weighted by Crippen LogP contribution is -2.41. The van der Waals surface area contributed by atoms with Crippen LogP contribution in [0.2, 0.25) is 36.3 Å². The van der Waals surface area contributed by atoms with Crippen LogP contribution < -0.4 is 8.85 Å². The van der Waals surface area contributed by atoms with Crippen LogP contribution in [-0.2, 0) is 6.42 Å². The van der Waals surface area contributed by atoms with E-state index in [0.29, 0.717) is 0 Å². The molecule has 0 atom stereocenters. The lowest BCUT2D eigenvalue weighted by Gasteiger charge is -2.34. The largest absolute Gasteiger partial charge is 0.541 e. The molecule has 4 heteroatoms. The van der Waals surface area contributed by atoms with Crippen molar-refractivity contribution < 1.29 is 8.85 Å². The minimum atomic E-state index is -1.72. The van der Waals surface area contributed by atoms with E-state index in [0.717, 1.165) is 54.2 Å². The number of hydrogen-bond donors (Lipinski definition) is 0. The lowest BCUT2D eigenvalue weighted by atomic mass is 10.1. The van der Waals surface area contributed by atoms with Crippen molar-refractivity contribution in [2.45, 2.75) is 84.2 Å². The summed E-state index contributed by atoms with van der Waals surface area (Å²) in [6, 6.07) is 11.5. The molecule has 2 nitrogen and oxygen atoms in total. The normalized spacial score (nSPS) is 13.8. The third-order valence-electron chi connectivity index (χ3n) is 6.36. The molecule has 0 fully saturated rings. The molecule has 1 aliphatic carbocycles. The van der Waals surface area contributed by atoms with Gasteiger partial charge in [0.15, 0.2) is 0 Å². The van der Waals surface area contributed by atoms with Gasteiger partial charge in [0.2, 0.25) is 0 Å². The Kier molecular flexibility index (Phi) is 6.97. The molecule has 0 saturated carbocycles. The summed E-state index contributed by atoms with van der Waals surface area (Å²) >= 11 is 0. The van der Waals surface area contributed by atoms with Crippen LogP contribution in [0.5, 0.6) is 11.5 Å². The number of benzene rings is 1. The van der Waals surface area contributed by atoms with Gasteiger partial charge >= 0.3 is 0 Å². The topological polar surface area (TPSA) is 18.5 Å². The summed E-state index contributed by atoms with van der Waals surface area (Å²) in [6.45, 7) is 13.7. The summed E-state index contributed by atoms with van der Waals surface area (Å²) in [5.41, 5.74) is 2.69. The Morgan fingerprint density at radius 2 is 1.16 bits per heavy atom. The molecule has 1 aliphatic rings. The molecule has 1 aromatic carbocycles. The monoisotopic (exact) mass is 376 g/mol. The van der Waals surface area contributed by atoms with Crippen molar-refractivity contribution in [1.82, 2.24) is 0 Å². The highest BCUT2D eigenvalue weighted by Gasteiger charge is 2.35. The molecule has 140 valence electrons. The van der Waals surface area contributed by atoms with E-state index in [2.05, 4.69) is 65.8 Å². The number of hydrogen-bond acceptors (Lipinski definition) is 2.